The van der Waals surface area contributed by atoms with Crippen molar-refractivity contribution in [1.29, 1.82) is 0 Å². The number of hydrogen-bond donors (Lipinski definition) is 2. The Morgan fingerprint density at radius 1 is 1.38 bits per heavy atom. The number of carbonyl (C=O) groups excluding carboxylic acids is 1. The fourth-order valence-electron chi connectivity index (χ4n) is 2.21. The van der Waals surface area contributed by atoms with Crippen LogP contribution in [0.4, 0.5) is 6.01 Å². The Hall–Kier alpha value is -1.67. The molecule has 2 aliphatic rings. The molecule has 1 aromatic heterocycles. The number of carbonyl (C=O) groups is 1. The summed E-state index contributed by atoms with van der Waals surface area (Å²) in [4.78, 5) is 14.0. The largest absolute Gasteiger partial charge is 0.407 e. The van der Waals surface area contributed by atoms with Gasteiger partial charge in [0.1, 0.15) is 6.04 Å². The number of hydrogen-bond acceptors (Lipinski definition) is 7. The van der Waals surface area contributed by atoms with E-state index in [2.05, 4.69) is 20.8 Å². The van der Waals surface area contributed by atoms with Crippen molar-refractivity contribution in [3.05, 3.63) is 5.89 Å². The average Bonchev–Trinajstić information content (AvgIpc) is 3.25. The molecule has 1 aliphatic heterocycles. The van der Waals surface area contributed by atoms with Gasteiger partial charge in [-0.05, 0) is 19.8 Å². The molecule has 1 amide bonds. The maximum absolute atomic E-state index is 12.2. The van der Waals surface area contributed by atoms with E-state index in [4.69, 9.17) is 9.15 Å². The average molecular weight is 295 g/mol. The van der Waals surface area contributed by atoms with Crippen LogP contribution in [0.3, 0.4) is 0 Å². The van der Waals surface area contributed by atoms with Gasteiger partial charge in [0.25, 0.3) is 0 Å². The highest BCUT2D eigenvalue weighted by molar-refractivity contribution is 5.83. The molecule has 1 atom stereocenters. The van der Waals surface area contributed by atoms with Gasteiger partial charge in [0.15, 0.2) is 0 Å². The first kappa shape index (κ1) is 14.3. The molecule has 8 nitrogen and oxygen atoms in total. The molecule has 0 radical (unpaired) electrons. The Labute approximate surface area is 123 Å². The maximum atomic E-state index is 12.2. The van der Waals surface area contributed by atoms with Gasteiger partial charge < -0.3 is 24.7 Å². The van der Waals surface area contributed by atoms with Gasteiger partial charge in [-0.1, -0.05) is 5.10 Å². The fraction of sp³-hybridized carbons (Fsp3) is 0.769. The number of amides is 1. The first-order valence-electron chi connectivity index (χ1n) is 7.41. The molecule has 0 bridgehead atoms. The monoisotopic (exact) mass is 295 g/mol. The standard InChI is InChI=1S/C13H21N5O3/c1-9(12(19)18-4-6-20-7-5-18)15-13-17-16-11(21-13)8-14-10-2-3-10/h9-10,14H,2-8H2,1H3,(H,15,17). The molecule has 1 saturated heterocycles. The molecule has 1 unspecified atom stereocenters. The van der Waals surface area contributed by atoms with Gasteiger partial charge in [-0.25, -0.2) is 0 Å². The summed E-state index contributed by atoms with van der Waals surface area (Å²) in [6.45, 7) is 4.82. The van der Waals surface area contributed by atoms with E-state index in [9.17, 15) is 4.79 Å². The van der Waals surface area contributed by atoms with E-state index < -0.39 is 6.04 Å². The number of morpholine rings is 1. The molecular weight excluding hydrogens is 274 g/mol. The molecule has 1 aromatic rings. The maximum Gasteiger partial charge on any atom is 0.316 e. The van der Waals surface area contributed by atoms with Crippen LogP contribution in [0.25, 0.3) is 0 Å². The first-order valence-corrected chi connectivity index (χ1v) is 7.41. The Balaban J connectivity index is 1.48. The highest BCUT2D eigenvalue weighted by Gasteiger charge is 2.24. The zero-order valence-electron chi connectivity index (χ0n) is 12.2. The quantitative estimate of drug-likeness (QED) is 0.762. The summed E-state index contributed by atoms with van der Waals surface area (Å²) >= 11 is 0. The van der Waals surface area contributed by atoms with Crippen LogP contribution < -0.4 is 10.6 Å². The zero-order valence-corrected chi connectivity index (χ0v) is 12.2. The minimum atomic E-state index is -0.396. The van der Waals surface area contributed by atoms with Crippen LogP contribution in [-0.4, -0.2) is 59.4 Å². The molecule has 0 spiro atoms. The summed E-state index contributed by atoms with van der Waals surface area (Å²) in [6.07, 6.45) is 2.43. The Kier molecular flexibility index (Phi) is 4.35. The molecule has 2 fully saturated rings. The van der Waals surface area contributed by atoms with Crippen molar-refractivity contribution in [3.8, 4) is 0 Å². The third kappa shape index (κ3) is 3.92. The number of ether oxygens (including phenoxy) is 1. The van der Waals surface area contributed by atoms with Crippen molar-refractivity contribution in [1.82, 2.24) is 20.4 Å². The number of nitrogens with zero attached hydrogens (tertiary/aromatic N) is 3. The van der Waals surface area contributed by atoms with Crippen molar-refractivity contribution in [2.24, 2.45) is 0 Å². The van der Waals surface area contributed by atoms with Crippen LogP contribution >= 0.6 is 0 Å². The van der Waals surface area contributed by atoms with Gasteiger partial charge in [0, 0.05) is 19.1 Å². The molecule has 2 heterocycles. The summed E-state index contributed by atoms with van der Waals surface area (Å²) in [5.74, 6) is 0.560. The highest BCUT2D eigenvalue weighted by Crippen LogP contribution is 2.19. The van der Waals surface area contributed by atoms with Gasteiger partial charge in [-0.15, -0.1) is 5.10 Å². The van der Waals surface area contributed by atoms with Crippen molar-refractivity contribution < 1.29 is 13.9 Å². The van der Waals surface area contributed by atoms with Gasteiger partial charge >= 0.3 is 6.01 Å². The minimum Gasteiger partial charge on any atom is -0.407 e. The molecule has 8 heteroatoms. The van der Waals surface area contributed by atoms with Gasteiger partial charge in [0.05, 0.1) is 19.8 Å². The van der Waals surface area contributed by atoms with E-state index in [1.807, 2.05) is 0 Å². The van der Waals surface area contributed by atoms with Crippen molar-refractivity contribution in [2.45, 2.75) is 38.4 Å². The molecule has 116 valence electrons. The lowest BCUT2D eigenvalue weighted by molar-refractivity contribution is -0.135. The number of rotatable bonds is 6. The lowest BCUT2D eigenvalue weighted by Gasteiger charge is -2.29. The van der Waals surface area contributed by atoms with E-state index in [1.54, 1.807) is 11.8 Å². The lowest BCUT2D eigenvalue weighted by Crippen LogP contribution is -2.47. The highest BCUT2D eigenvalue weighted by atomic mass is 16.5. The van der Waals surface area contributed by atoms with Crippen molar-refractivity contribution in [3.63, 3.8) is 0 Å². The van der Waals surface area contributed by atoms with Crippen molar-refractivity contribution in [2.75, 3.05) is 31.6 Å². The molecule has 1 aliphatic carbocycles. The Morgan fingerprint density at radius 2 is 2.14 bits per heavy atom. The van der Waals surface area contributed by atoms with Gasteiger partial charge in [0.2, 0.25) is 11.8 Å². The zero-order chi connectivity index (χ0) is 14.7. The second-order valence-corrected chi connectivity index (χ2v) is 5.46. The number of aromatic nitrogens is 2. The van der Waals surface area contributed by atoms with E-state index in [0.29, 0.717) is 44.8 Å². The topological polar surface area (TPSA) is 92.5 Å². The second-order valence-electron chi connectivity index (χ2n) is 5.46. The van der Waals surface area contributed by atoms with E-state index >= 15 is 0 Å². The van der Waals surface area contributed by atoms with Crippen LogP contribution in [-0.2, 0) is 16.1 Å². The van der Waals surface area contributed by atoms with E-state index in [1.165, 1.54) is 12.8 Å². The van der Waals surface area contributed by atoms with Gasteiger partial charge in [-0.2, -0.15) is 0 Å². The summed E-state index contributed by atoms with van der Waals surface area (Å²) in [7, 11) is 0. The van der Waals surface area contributed by atoms with E-state index in [0.717, 1.165) is 0 Å². The molecule has 2 N–H and O–H groups in total. The summed E-state index contributed by atoms with van der Waals surface area (Å²) in [5.41, 5.74) is 0. The predicted molar refractivity (Wildman–Crippen MR) is 74.6 cm³/mol. The fourth-order valence-corrected chi connectivity index (χ4v) is 2.21. The lowest BCUT2D eigenvalue weighted by atomic mass is 10.2. The van der Waals surface area contributed by atoms with Crippen LogP contribution in [0.15, 0.2) is 4.42 Å². The Morgan fingerprint density at radius 3 is 2.86 bits per heavy atom. The molecular formula is C13H21N5O3. The predicted octanol–water partition coefficient (Wildman–Crippen LogP) is -0.0192. The summed E-state index contributed by atoms with van der Waals surface area (Å²) in [5, 5.41) is 14.1. The van der Waals surface area contributed by atoms with Crippen LogP contribution in [0.5, 0.6) is 0 Å². The third-order valence-corrected chi connectivity index (χ3v) is 3.62. The molecule has 0 aromatic carbocycles. The SMILES string of the molecule is CC(Nc1nnc(CNC2CC2)o1)C(=O)N1CCOCC1. The summed E-state index contributed by atoms with van der Waals surface area (Å²) in [6, 6.07) is 0.486. The summed E-state index contributed by atoms with van der Waals surface area (Å²) < 4.78 is 10.7. The van der Waals surface area contributed by atoms with Crippen LogP contribution in [0.1, 0.15) is 25.7 Å². The molecule has 3 rings (SSSR count). The van der Waals surface area contributed by atoms with Crippen molar-refractivity contribution >= 4 is 11.9 Å². The van der Waals surface area contributed by atoms with Gasteiger partial charge in [-0.3, -0.25) is 4.79 Å². The number of anilines is 1. The third-order valence-electron chi connectivity index (χ3n) is 3.62. The number of nitrogens with one attached hydrogen (secondary N) is 2. The molecule has 1 saturated carbocycles. The van der Waals surface area contributed by atoms with Crippen LogP contribution in [0.2, 0.25) is 0 Å². The van der Waals surface area contributed by atoms with E-state index in [-0.39, 0.29) is 11.9 Å². The Bertz CT molecular complexity index is 482. The second kappa shape index (κ2) is 6.40. The smallest absolute Gasteiger partial charge is 0.316 e. The minimum absolute atomic E-state index is 0.0224. The normalized spacial score (nSPS) is 20.3. The molecule has 21 heavy (non-hydrogen) atoms. The first-order chi connectivity index (χ1) is 10.2. The van der Waals surface area contributed by atoms with Crippen LogP contribution in [0, 0.1) is 0 Å².